The molecule has 12 heteroatoms. The summed E-state index contributed by atoms with van der Waals surface area (Å²) in [7, 11) is 0. The number of hydrogen-bond donors (Lipinski definition) is 4. The van der Waals surface area contributed by atoms with Crippen molar-refractivity contribution in [2.45, 2.75) is 79.3 Å². The van der Waals surface area contributed by atoms with E-state index in [9.17, 15) is 19.2 Å². The molecule has 0 aliphatic carbocycles. The fraction of sp³-hybridized carbons (Fsp3) is 0.576. The van der Waals surface area contributed by atoms with E-state index in [1.165, 1.54) is 0 Å². The van der Waals surface area contributed by atoms with Gasteiger partial charge in [0.05, 0.1) is 37.2 Å². The number of rotatable bonds is 20. The molecule has 2 heterocycles. The second kappa shape index (κ2) is 17.0. The van der Waals surface area contributed by atoms with Crippen LogP contribution in [0.5, 0.6) is 0 Å². The van der Waals surface area contributed by atoms with Gasteiger partial charge in [0.2, 0.25) is 17.8 Å². The predicted octanol–water partition coefficient (Wildman–Crippen LogP) is 2.90. The molecule has 0 spiro atoms. The summed E-state index contributed by atoms with van der Waals surface area (Å²) in [4.78, 5) is 57.4. The van der Waals surface area contributed by atoms with E-state index in [2.05, 4.69) is 53.6 Å². The second-order valence-electron chi connectivity index (χ2n) is 12.8. The van der Waals surface area contributed by atoms with E-state index in [0.29, 0.717) is 75.5 Å². The molecule has 0 bridgehead atoms. The number of pyridine rings is 1. The Kier molecular flexibility index (Phi) is 13.4. The number of amides is 2. The number of carbonyl (C=O) groups excluding carboxylic acids is 3. The Morgan fingerprint density at radius 1 is 1.11 bits per heavy atom. The molecule has 0 saturated heterocycles. The van der Waals surface area contributed by atoms with Gasteiger partial charge in [0.15, 0.2) is 11.7 Å². The average Bonchev–Trinajstić information content (AvgIpc) is 2.98. The number of aromatic nitrogens is 1. The zero-order valence-corrected chi connectivity index (χ0v) is 27.1. The lowest BCUT2D eigenvalue weighted by Gasteiger charge is -2.31. The van der Waals surface area contributed by atoms with Crippen LogP contribution in [-0.2, 0) is 27.4 Å². The van der Waals surface area contributed by atoms with E-state index in [4.69, 9.17) is 10.5 Å². The maximum absolute atomic E-state index is 12.7. The Bertz CT molecular complexity index is 1450. The van der Waals surface area contributed by atoms with Gasteiger partial charge in [0, 0.05) is 44.1 Å². The van der Waals surface area contributed by atoms with Crippen LogP contribution in [0.2, 0.25) is 0 Å². The van der Waals surface area contributed by atoms with Crippen molar-refractivity contribution in [3.05, 3.63) is 45.7 Å². The van der Waals surface area contributed by atoms with Crippen LogP contribution >= 0.6 is 0 Å². The first-order chi connectivity index (χ1) is 21.5. The fourth-order valence-corrected chi connectivity index (χ4v) is 4.97. The largest absolute Gasteiger partial charge is 0.380 e. The van der Waals surface area contributed by atoms with Crippen molar-refractivity contribution in [3.63, 3.8) is 0 Å². The first kappa shape index (κ1) is 35.6. The topological polar surface area (TPSA) is 169 Å². The number of nitrogens with zero attached hydrogens (tertiary/aromatic N) is 3. The van der Waals surface area contributed by atoms with Gasteiger partial charge in [-0.25, -0.2) is 9.98 Å². The number of aliphatic imine (C=N–C) groups is 2. The van der Waals surface area contributed by atoms with Crippen molar-refractivity contribution in [2.24, 2.45) is 26.5 Å². The first-order valence-corrected chi connectivity index (χ1v) is 15.8. The summed E-state index contributed by atoms with van der Waals surface area (Å²) in [6.07, 6.45) is 7.06. The van der Waals surface area contributed by atoms with Crippen LogP contribution in [0.3, 0.4) is 0 Å². The summed E-state index contributed by atoms with van der Waals surface area (Å²) in [6, 6.07) is 5.41. The van der Waals surface area contributed by atoms with Gasteiger partial charge >= 0.3 is 0 Å². The monoisotopic (exact) mass is 623 g/mol. The first-order valence-electron chi connectivity index (χ1n) is 15.8. The summed E-state index contributed by atoms with van der Waals surface area (Å²) in [5.41, 5.74) is 7.03. The third-order valence-corrected chi connectivity index (χ3v) is 8.24. The summed E-state index contributed by atoms with van der Waals surface area (Å²) in [5.74, 6) is 0.191. The minimum atomic E-state index is -0.319. The zero-order valence-electron chi connectivity index (χ0n) is 27.1. The van der Waals surface area contributed by atoms with E-state index >= 15 is 0 Å². The van der Waals surface area contributed by atoms with E-state index in [1.807, 2.05) is 16.7 Å². The molecule has 1 aliphatic heterocycles. The normalized spacial score (nSPS) is 14.9. The van der Waals surface area contributed by atoms with Crippen molar-refractivity contribution in [2.75, 3.05) is 32.8 Å². The van der Waals surface area contributed by atoms with E-state index in [1.54, 1.807) is 18.6 Å². The second-order valence-corrected chi connectivity index (χ2v) is 12.8. The average molecular weight is 624 g/mol. The molecule has 246 valence electrons. The zero-order chi connectivity index (χ0) is 32.9. The molecule has 1 atom stereocenters. The lowest BCUT2D eigenvalue weighted by Crippen LogP contribution is -2.33. The van der Waals surface area contributed by atoms with Gasteiger partial charge < -0.3 is 31.0 Å². The molecular weight excluding hydrogens is 574 g/mol. The highest BCUT2D eigenvalue weighted by atomic mass is 16.5. The van der Waals surface area contributed by atoms with Gasteiger partial charge in [-0.1, -0.05) is 33.8 Å². The van der Waals surface area contributed by atoms with E-state index in [-0.39, 0.29) is 46.5 Å². The number of aldehydes is 1. The minimum absolute atomic E-state index is 0.0396. The van der Waals surface area contributed by atoms with Crippen LogP contribution in [0.4, 0.5) is 0 Å². The molecule has 1 aliphatic rings. The van der Waals surface area contributed by atoms with Gasteiger partial charge in [-0.3, -0.25) is 19.2 Å². The summed E-state index contributed by atoms with van der Waals surface area (Å²) >= 11 is 0. The Hall–Kier alpha value is -3.90. The lowest BCUT2D eigenvalue weighted by atomic mass is 9.84. The molecule has 3 rings (SSSR count). The van der Waals surface area contributed by atoms with Crippen LogP contribution in [0.15, 0.2) is 39.2 Å². The third-order valence-electron chi connectivity index (χ3n) is 8.24. The van der Waals surface area contributed by atoms with Crippen molar-refractivity contribution >= 4 is 41.3 Å². The molecule has 5 N–H and O–H groups in total. The lowest BCUT2D eigenvalue weighted by molar-refractivity contribution is -0.126. The molecule has 2 amide bonds. The van der Waals surface area contributed by atoms with Crippen LogP contribution < -0.4 is 27.1 Å². The molecule has 0 fully saturated rings. The van der Waals surface area contributed by atoms with Crippen molar-refractivity contribution < 1.29 is 19.1 Å². The smallest absolute Gasteiger partial charge is 0.224 e. The maximum Gasteiger partial charge on any atom is 0.224 e. The Morgan fingerprint density at radius 3 is 2.44 bits per heavy atom. The molecule has 0 radical (unpaired) electrons. The molecular formula is C33H49N7O5. The fourth-order valence-electron chi connectivity index (χ4n) is 4.97. The number of hydrogen-bond acceptors (Lipinski definition) is 7. The highest BCUT2D eigenvalue weighted by Gasteiger charge is 2.25. The minimum Gasteiger partial charge on any atom is -0.380 e. The number of ether oxygens (including phenoxy) is 1. The Labute approximate surface area is 265 Å². The standard InChI is InChI=1S/C33H49N7O5/c1-5-33(4,22-45-21-32(2,3)11-13-34)12-15-36-29(43)10-9-28(42)35-14-6-16-40-19-25(20-41)30(44)26-8-7-24(17-27(26)40)18-37-31-38-23-39-31/h7-8,17,19-20,23H,5-6,9-16,18,21-22,34H2,1-4H3,(H,35,42)(H,36,43)(H,37,38,39). The Morgan fingerprint density at radius 2 is 1.82 bits per heavy atom. The molecule has 12 nitrogen and oxygen atoms in total. The van der Waals surface area contributed by atoms with Crippen LogP contribution in [-0.4, -0.2) is 67.8 Å². The quantitative estimate of drug-likeness (QED) is 0.130. The molecule has 0 saturated carbocycles. The number of guanidine groups is 1. The third kappa shape index (κ3) is 11.2. The highest BCUT2D eigenvalue weighted by Crippen LogP contribution is 2.28. The van der Waals surface area contributed by atoms with Crippen molar-refractivity contribution in [1.82, 2.24) is 20.5 Å². The summed E-state index contributed by atoms with van der Waals surface area (Å²) in [5, 5.41) is 9.12. The molecule has 2 aromatic rings. The maximum atomic E-state index is 12.7. The van der Waals surface area contributed by atoms with Gasteiger partial charge in [-0.15, -0.1) is 0 Å². The number of carbonyl (C=O) groups is 3. The number of aryl methyl sites for hydroxylation is 1. The van der Waals surface area contributed by atoms with Crippen molar-refractivity contribution in [3.8, 4) is 0 Å². The highest BCUT2D eigenvalue weighted by molar-refractivity contribution is 6.03. The van der Waals surface area contributed by atoms with Gasteiger partial charge in [-0.2, -0.15) is 0 Å². The van der Waals surface area contributed by atoms with Gasteiger partial charge in [0.1, 0.15) is 0 Å². The molecule has 1 aromatic heterocycles. The summed E-state index contributed by atoms with van der Waals surface area (Å²) < 4.78 is 7.88. The van der Waals surface area contributed by atoms with E-state index in [0.717, 1.165) is 24.8 Å². The van der Waals surface area contributed by atoms with Crippen LogP contribution in [0, 0.1) is 10.8 Å². The molecule has 1 unspecified atom stereocenters. The van der Waals surface area contributed by atoms with Crippen molar-refractivity contribution in [1.29, 1.82) is 0 Å². The number of benzene rings is 1. The van der Waals surface area contributed by atoms with Crippen LogP contribution in [0.25, 0.3) is 10.9 Å². The van der Waals surface area contributed by atoms with Gasteiger partial charge in [0.25, 0.3) is 0 Å². The predicted molar refractivity (Wildman–Crippen MR) is 178 cm³/mol. The number of nitrogens with one attached hydrogen (secondary N) is 3. The van der Waals surface area contributed by atoms with Crippen LogP contribution in [0.1, 0.15) is 82.1 Å². The van der Waals surface area contributed by atoms with Gasteiger partial charge in [-0.05, 0) is 60.8 Å². The molecule has 1 aromatic carbocycles. The number of nitrogens with two attached hydrogens (primary N) is 1. The van der Waals surface area contributed by atoms with E-state index < -0.39 is 0 Å². The number of fused-ring (bicyclic) bond motifs is 1. The SMILES string of the molecule is CCC(C)(CCNC(=O)CCC(=O)NCCCn1cc(C=O)c(=O)c2ccc(CN=C3N=CN3)cc21)COCC(C)(C)CCN. The molecule has 45 heavy (non-hydrogen) atoms. The Balaban J connectivity index is 1.41. The summed E-state index contributed by atoms with van der Waals surface area (Å²) in [6.45, 7) is 12.3.